The Kier molecular flexibility index (Phi) is 6.26. The topological polar surface area (TPSA) is 77.3 Å². The molecule has 0 aromatic carbocycles. The van der Waals surface area contributed by atoms with Crippen LogP contribution in [0.15, 0.2) is 4.52 Å². The van der Waals surface area contributed by atoms with Gasteiger partial charge in [0.15, 0.2) is 5.82 Å². The molecule has 0 spiro atoms. The fraction of sp³-hybridized carbons (Fsp3) is 0.800. The summed E-state index contributed by atoms with van der Waals surface area (Å²) in [6, 6.07) is -0.231. The van der Waals surface area contributed by atoms with Crippen LogP contribution in [0, 0.1) is 5.92 Å². The van der Waals surface area contributed by atoms with Crippen molar-refractivity contribution < 1.29 is 14.1 Å². The van der Waals surface area contributed by atoms with Gasteiger partial charge in [-0.3, -0.25) is 4.79 Å². The maximum Gasteiger partial charge on any atom is 0.249 e. The Bertz CT molecular complexity index is 486. The summed E-state index contributed by atoms with van der Waals surface area (Å²) in [6.07, 6.45) is 3.70. The van der Waals surface area contributed by atoms with E-state index in [2.05, 4.69) is 15.5 Å². The van der Waals surface area contributed by atoms with E-state index in [1.54, 1.807) is 0 Å². The molecule has 2 rings (SSSR count). The van der Waals surface area contributed by atoms with E-state index in [9.17, 15) is 4.79 Å². The minimum Gasteiger partial charge on any atom is -0.381 e. The van der Waals surface area contributed by atoms with Gasteiger partial charge in [0.05, 0.1) is 5.25 Å². The first-order valence-electron chi connectivity index (χ1n) is 7.77. The first-order valence-corrected chi connectivity index (χ1v) is 9.06. The van der Waals surface area contributed by atoms with Crippen molar-refractivity contribution in [2.45, 2.75) is 50.8 Å². The quantitative estimate of drug-likeness (QED) is 0.865. The highest BCUT2D eigenvalue weighted by Gasteiger charge is 2.32. The molecule has 22 heavy (non-hydrogen) atoms. The molecular weight excluding hydrogens is 302 g/mol. The van der Waals surface area contributed by atoms with Gasteiger partial charge in [-0.25, -0.2) is 0 Å². The molecule has 1 saturated heterocycles. The third-order valence-electron chi connectivity index (χ3n) is 4.00. The Labute approximate surface area is 135 Å². The van der Waals surface area contributed by atoms with Crippen LogP contribution in [0.1, 0.15) is 57.3 Å². The van der Waals surface area contributed by atoms with Crippen LogP contribution in [-0.4, -0.2) is 40.8 Å². The summed E-state index contributed by atoms with van der Waals surface area (Å²) in [7, 11) is 0. The molecule has 1 aromatic heterocycles. The van der Waals surface area contributed by atoms with E-state index in [4.69, 9.17) is 9.26 Å². The van der Waals surface area contributed by atoms with Crippen molar-refractivity contribution in [1.29, 1.82) is 0 Å². The summed E-state index contributed by atoms with van der Waals surface area (Å²) in [4.78, 5) is 16.8. The summed E-state index contributed by atoms with van der Waals surface area (Å²) in [6.45, 7) is 7.36. The van der Waals surface area contributed by atoms with E-state index in [0.29, 0.717) is 24.9 Å². The Hall–Kier alpha value is -1.08. The van der Waals surface area contributed by atoms with Crippen molar-refractivity contribution >= 4 is 17.7 Å². The van der Waals surface area contributed by atoms with E-state index in [0.717, 1.165) is 12.8 Å². The molecule has 2 atom stereocenters. The number of aromatic nitrogens is 2. The minimum atomic E-state index is -0.231. The lowest BCUT2D eigenvalue weighted by atomic mass is 9.91. The van der Waals surface area contributed by atoms with Gasteiger partial charge in [-0.1, -0.05) is 19.0 Å². The van der Waals surface area contributed by atoms with Gasteiger partial charge in [0, 0.05) is 19.1 Å². The smallest absolute Gasteiger partial charge is 0.249 e. The summed E-state index contributed by atoms with van der Waals surface area (Å²) in [5.74, 6) is 1.67. The zero-order valence-corrected chi connectivity index (χ0v) is 14.5. The van der Waals surface area contributed by atoms with Gasteiger partial charge in [0.1, 0.15) is 6.04 Å². The Morgan fingerprint density at radius 1 is 1.32 bits per heavy atom. The zero-order valence-electron chi connectivity index (χ0n) is 13.7. The fourth-order valence-corrected chi connectivity index (χ4v) is 2.70. The predicted molar refractivity (Wildman–Crippen MR) is 85.8 cm³/mol. The molecule has 0 radical (unpaired) electrons. The number of amides is 1. The molecule has 1 aliphatic rings. The van der Waals surface area contributed by atoms with Gasteiger partial charge in [-0.05, 0) is 31.9 Å². The first-order chi connectivity index (χ1) is 10.5. The third kappa shape index (κ3) is 4.23. The van der Waals surface area contributed by atoms with E-state index in [-0.39, 0.29) is 29.0 Å². The molecule has 0 aliphatic carbocycles. The van der Waals surface area contributed by atoms with E-state index in [1.165, 1.54) is 11.8 Å². The van der Waals surface area contributed by atoms with Crippen LogP contribution in [0.4, 0.5) is 0 Å². The van der Waals surface area contributed by atoms with Gasteiger partial charge >= 0.3 is 0 Å². The summed E-state index contributed by atoms with van der Waals surface area (Å²) in [5.41, 5.74) is 0. The Balaban J connectivity index is 2.17. The van der Waals surface area contributed by atoms with Crippen LogP contribution in [0.25, 0.3) is 0 Å². The van der Waals surface area contributed by atoms with E-state index >= 15 is 0 Å². The SMILES string of the molecule is CS[C@@H](C)C(=O)N[C@H](c1nc(C(C)C)no1)C1CCOCC1. The molecule has 7 heteroatoms. The van der Waals surface area contributed by atoms with Gasteiger partial charge in [-0.2, -0.15) is 16.7 Å². The number of hydrogen-bond acceptors (Lipinski definition) is 6. The Morgan fingerprint density at radius 2 is 2.00 bits per heavy atom. The lowest BCUT2D eigenvalue weighted by Gasteiger charge is -2.29. The van der Waals surface area contributed by atoms with Crippen molar-refractivity contribution in [3.8, 4) is 0 Å². The van der Waals surface area contributed by atoms with Gasteiger partial charge in [-0.15, -0.1) is 0 Å². The second-order valence-electron chi connectivity index (χ2n) is 5.96. The third-order valence-corrected chi connectivity index (χ3v) is 4.92. The predicted octanol–water partition coefficient (Wildman–Crippen LogP) is 2.53. The van der Waals surface area contributed by atoms with Gasteiger partial charge in [0.25, 0.3) is 0 Å². The molecule has 124 valence electrons. The second-order valence-corrected chi connectivity index (χ2v) is 7.14. The number of hydrogen-bond donors (Lipinski definition) is 1. The minimum absolute atomic E-state index is 0.00767. The first kappa shape index (κ1) is 17.3. The number of rotatable bonds is 6. The maximum absolute atomic E-state index is 12.3. The van der Waals surface area contributed by atoms with Crippen molar-refractivity contribution in [2.24, 2.45) is 5.92 Å². The molecule has 6 nitrogen and oxygen atoms in total. The average molecular weight is 327 g/mol. The molecule has 0 bridgehead atoms. The lowest BCUT2D eigenvalue weighted by Crippen LogP contribution is -2.39. The van der Waals surface area contributed by atoms with Crippen LogP contribution in [0.3, 0.4) is 0 Å². The molecule has 1 aromatic rings. The molecule has 1 fully saturated rings. The summed E-state index contributed by atoms with van der Waals surface area (Å²) in [5, 5.41) is 7.02. The van der Waals surface area contributed by atoms with Gasteiger partial charge in [0.2, 0.25) is 11.8 Å². The van der Waals surface area contributed by atoms with Crippen molar-refractivity contribution in [1.82, 2.24) is 15.5 Å². The molecular formula is C15H25N3O3S. The number of nitrogens with zero attached hydrogens (tertiary/aromatic N) is 2. The highest BCUT2D eigenvalue weighted by molar-refractivity contribution is 7.99. The number of carbonyl (C=O) groups excluding carboxylic acids is 1. The van der Waals surface area contributed by atoms with Gasteiger partial charge < -0.3 is 14.6 Å². The fourth-order valence-electron chi connectivity index (χ4n) is 2.42. The number of ether oxygens (including phenoxy) is 1. The molecule has 0 saturated carbocycles. The standard InChI is InChI=1S/C15H25N3O3S/c1-9(2)13-17-15(21-18-13)12(11-5-7-20-8-6-11)16-14(19)10(3)22-4/h9-12H,5-8H2,1-4H3,(H,16,19)/t10-,12-/m0/s1. The highest BCUT2D eigenvalue weighted by Crippen LogP contribution is 2.30. The average Bonchev–Trinajstić information content (AvgIpc) is 3.02. The second kappa shape index (κ2) is 7.97. The highest BCUT2D eigenvalue weighted by atomic mass is 32.2. The molecule has 2 heterocycles. The largest absolute Gasteiger partial charge is 0.381 e. The van der Waals surface area contributed by atoms with Crippen molar-refractivity contribution in [2.75, 3.05) is 19.5 Å². The van der Waals surface area contributed by atoms with Crippen LogP contribution < -0.4 is 5.32 Å². The van der Waals surface area contributed by atoms with E-state index < -0.39 is 0 Å². The van der Waals surface area contributed by atoms with Crippen LogP contribution >= 0.6 is 11.8 Å². The van der Waals surface area contributed by atoms with Crippen molar-refractivity contribution in [3.05, 3.63) is 11.7 Å². The molecule has 1 aliphatic heterocycles. The van der Waals surface area contributed by atoms with E-state index in [1.807, 2.05) is 27.0 Å². The number of carbonyl (C=O) groups is 1. The maximum atomic E-state index is 12.3. The lowest BCUT2D eigenvalue weighted by molar-refractivity contribution is -0.122. The zero-order chi connectivity index (χ0) is 16.1. The van der Waals surface area contributed by atoms with Crippen molar-refractivity contribution in [3.63, 3.8) is 0 Å². The van der Waals surface area contributed by atoms with Crippen LogP contribution in [0.5, 0.6) is 0 Å². The Morgan fingerprint density at radius 3 is 2.55 bits per heavy atom. The normalized spacial score (nSPS) is 19.1. The summed E-state index contributed by atoms with van der Waals surface area (Å²) >= 11 is 1.52. The summed E-state index contributed by atoms with van der Waals surface area (Å²) < 4.78 is 10.9. The molecule has 0 unspecified atom stereocenters. The number of thioether (sulfide) groups is 1. The monoisotopic (exact) mass is 327 g/mol. The van der Waals surface area contributed by atoms with Crippen LogP contribution in [-0.2, 0) is 9.53 Å². The van der Waals surface area contributed by atoms with Crippen LogP contribution in [0.2, 0.25) is 0 Å². The number of nitrogens with one attached hydrogen (secondary N) is 1. The molecule has 1 amide bonds. The molecule has 1 N–H and O–H groups in total.